The van der Waals surface area contributed by atoms with E-state index in [0.29, 0.717) is 40.0 Å². The largest absolute Gasteiger partial charge is 0.491 e. The maximum atomic E-state index is 13.3. The molecule has 3 aromatic rings. The van der Waals surface area contributed by atoms with Crippen molar-refractivity contribution in [3.63, 3.8) is 0 Å². The molecule has 1 aliphatic rings. The average Bonchev–Trinajstić information content (AvgIpc) is 3.19. The Bertz CT molecular complexity index is 1080. The first kappa shape index (κ1) is 19.3. The summed E-state index contributed by atoms with van der Waals surface area (Å²) in [6.07, 6.45) is 0.0446. The Morgan fingerprint density at radius 1 is 1.14 bits per heavy atom. The normalized spacial score (nSPS) is 15.4. The second-order valence-corrected chi connectivity index (χ2v) is 8.49. The number of nitrogens with one attached hydrogen (secondary N) is 1. The van der Waals surface area contributed by atoms with Gasteiger partial charge in [0.25, 0.3) is 5.91 Å². The fraction of sp³-hybridized carbons (Fsp3) is 0.238. The first-order chi connectivity index (χ1) is 13.9. The molecule has 6 nitrogen and oxygen atoms in total. The molecule has 2 aromatic carbocycles. The van der Waals surface area contributed by atoms with E-state index in [1.807, 2.05) is 13.8 Å². The maximum Gasteiger partial charge on any atom is 0.256 e. The van der Waals surface area contributed by atoms with E-state index in [1.54, 1.807) is 41.1 Å². The molecule has 1 aromatic heterocycles. The van der Waals surface area contributed by atoms with E-state index < -0.39 is 10.8 Å². The number of anilines is 1. The molecule has 1 aliphatic heterocycles. The number of hydrogen-bond donors (Lipinski definition) is 1. The van der Waals surface area contributed by atoms with Gasteiger partial charge in [0.05, 0.1) is 29.0 Å². The fourth-order valence-electron chi connectivity index (χ4n) is 3.16. The third-order valence-electron chi connectivity index (χ3n) is 4.46. The summed E-state index contributed by atoms with van der Waals surface area (Å²) in [6.45, 7) is 3.86. The van der Waals surface area contributed by atoms with Crippen LogP contribution in [0.2, 0.25) is 0 Å². The minimum absolute atomic E-state index is 0.0446. The smallest absolute Gasteiger partial charge is 0.256 e. The minimum Gasteiger partial charge on any atom is -0.491 e. The van der Waals surface area contributed by atoms with Gasteiger partial charge in [0.2, 0.25) is 0 Å². The summed E-state index contributed by atoms with van der Waals surface area (Å²) in [5.41, 5.74) is 2.51. The monoisotopic (exact) mass is 413 g/mol. The van der Waals surface area contributed by atoms with Crippen molar-refractivity contribution in [3.05, 3.63) is 71.2 Å². The van der Waals surface area contributed by atoms with Crippen molar-refractivity contribution < 1.29 is 18.1 Å². The molecule has 0 saturated heterocycles. The van der Waals surface area contributed by atoms with Crippen LogP contribution in [0.4, 0.5) is 10.2 Å². The van der Waals surface area contributed by atoms with Crippen LogP contribution in [0.5, 0.6) is 5.75 Å². The summed E-state index contributed by atoms with van der Waals surface area (Å²) in [4.78, 5) is 12.8. The summed E-state index contributed by atoms with van der Waals surface area (Å²) in [5.74, 6) is 1.14. The van der Waals surface area contributed by atoms with Crippen LogP contribution >= 0.6 is 0 Å². The van der Waals surface area contributed by atoms with Gasteiger partial charge in [-0.1, -0.05) is 0 Å². The second-order valence-electron chi connectivity index (χ2n) is 7.04. The third kappa shape index (κ3) is 4.07. The van der Waals surface area contributed by atoms with Crippen molar-refractivity contribution >= 4 is 22.5 Å². The highest BCUT2D eigenvalue weighted by Gasteiger charge is 2.28. The van der Waals surface area contributed by atoms with Crippen LogP contribution in [-0.4, -0.2) is 26.0 Å². The maximum absolute atomic E-state index is 13.3. The van der Waals surface area contributed by atoms with Crippen molar-refractivity contribution in [3.8, 4) is 11.4 Å². The molecule has 4 rings (SSSR count). The third-order valence-corrected chi connectivity index (χ3v) is 5.67. The van der Waals surface area contributed by atoms with Gasteiger partial charge in [0.1, 0.15) is 17.4 Å². The molecule has 0 unspecified atom stereocenters. The predicted molar refractivity (Wildman–Crippen MR) is 109 cm³/mol. The molecule has 2 heterocycles. The lowest BCUT2D eigenvalue weighted by atomic mass is 10.2. The molecular weight excluding hydrogens is 393 g/mol. The summed E-state index contributed by atoms with van der Waals surface area (Å²) in [5, 5.41) is 7.39. The molecule has 0 bridgehead atoms. The molecule has 29 heavy (non-hydrogen) atoms. The lowest BCUT2D eigenvalue weighted by Gasteiger charge is -2.12. The van der Waals surface area contributed by atoms with Gasteiger partial charge < -0.3 is 10.1 Å². The Morgan fingerprint density at radius 3 is 2.48 bits per heavy atom. The molecule has 0 saturated carbocycles. The lowest BCUT2D eigenvalue weighted by Crippen LogP contribution is -2.16. The lowest BCUT2D eigenvalue weighted by molar-refractivity contribution is 0.102. The Hall–Kier alpha value is -3.00. The zero-order chi connectivity index (χ0) is 20.5. The van der Waals surface area contributed by atoms with Crippen LogP contribution in [0.15, 0.2) is 48.5 Å². The van der Waals surface area contributed by atoms with E-state index in [-0.39, 0.29) is 17.8 Å². The summed E-state index contributed by atoms with van der Waals surface area (Å²) in [7, 11) is -1.04. The molecule has 1 N–H and O–H groups in total. The van der Waals surface area contributed by atoms with Crippen LogP contribution in [0.1, 0.15) is 35.5 Å². The molecule has 8 heteroatoms. The molecule has 0 fully saturated rings. The van der Waals surface area contributed by atoms with Gasteiger partial charge in [0.15, 0.2) is 0 Å². The molecule has 0 aliphatic carbocycles. The van der Waals surface area contributed by atoms with E-state index in [0.717, 1.165) is 5.56 Å². The SMILES string of the molecule is CC(C)Oc1ccc(C(=O)Nc2c3c(nn2-c2ccc(F)cc2)C[S@@](=O)C3)cc1. The number of rotatable bonds is 5. The van der Waals surface area contributed by atoms with Crippen LogP contribution in [0, 0.1) is 5.82 Å². The van der Waals surface area contributed by atoms with Crippen molar-refractivity contribution in [1.82, 2.24) is 9.78 Å². The van der Waals surface area contributed by atoms with Crippen LogP contribution < -0.4 is 10.1 Å². The van der Waals surface area contributed by atoms with Gasteiger partial charge in [0, 0.05) is 21.9 Å². The van der Waals surface area contributed by atoms with Crippen molar-refractivity contribution in [1.29, 1.82) is 0 Å². The molecule has 150 valence electrons. The molecule has 0 radical (unpaired) electrons. The van der Waals surface area contributed by atoms with Crippen molar-refractivity contribution in [2.45, 2.75) is 31.5 Å². The first-order valence-electron chi connectivity index (χ1n) is 9.20. The van der Waals surface area contributed by atoms with E-state index in [4.69, 9.17) is 4.74 Å². The predicted octanol–water partition coefficient (Wildman–Crippen LogP) is 3.81. The van der Waals surface area contributed by atoms with E-state index >= 15 is 0 Å². The van der Waals surface area contributed by atoms with Crippen LogP contribution in [-0.2, 0) is 22.3 Å². The minimum atomic E-state index is -1.04. The Morgan fingerprint density at radius 2 is 1.83 bits per heavy atom. The van der Waals surface area contributed by atoms with Gasteiger partial charge in [-0.3, -0.25) is 9.00 Å². The number of ether oxygens (including phenoxy) is 1. The number of nitrogens with zero attached hydrogens (tertiary/aromatic N) is 2. The van der Waals surface area contributed by atoms with Gasteiger partial charge in [-0.25, -0.2) is 9.07 Å². The molecule has 0 spiro atoms. The van der Waals surface area contributed by atoms with Crippen LogP contribution in [0.3, 0.4) is 0 Å². The van der Waals surface area contributed by atoms with Gasteiger partial charge in [-0.05, 0) is 62.4 Å². The van der Waals surface area contributed by atoms with E-state index in [2.05, 4.69) is 10.4 Å². The molecule has 1 amide bonds. The highest BCUT2D eigenvalue weighted by Crippen LogP contribution is 2.31. The van der Waals surface area contributed by atoms with E-state index in [9.17, 15) is 13.4 Å². The average molecular weight is 413 g/mol. The standard InChI is InChI=1S/C21H20FN3O3S/c1-13(2)28-17-9-3-14(4-10-17)21(26)23-20-18-11-29(27)12-19(18)24-25(20)16-7-5-15(22)6-8-16/h3-10,13H,11-12H2,1-2H3,(H,23,26)/t29-/m0/s1. The Balaban J connectivity index is 1.64. The molecule has 1 atom stereocenters. The van der Waals surface area contributed by atoms with Crippen LogP contribution in [0.25, 0.3) is 5.69 Å². The summed E-state index contributed by atoms with van der Waals surface area (Å²) < 4.78 is 32.4. The van der Waals surface area contributed by atoms with Gasteiger partial charge in [-0.2, -0.15) is 5.10 Å². The summed E-state index contributed by atoms with van der Waals surface area (Å²) >= 11 is 0. The Kier molecular flexibility index (Phi) is 5.19. The number of amides is 1. The zero-order valence-corrected chi connectivity index (χ0v) is 16.8. The number of hydrogen-bond acceptors (Lipinski definition) is 4. The second kappa shape index (κ2) is 7.79. The number of aromatic nitrogens is 2. The zero-order valence-electron chi connectivity index (χ0n) is 16.0. The molecular formula is C21H20FN3O3S. The highest BCUT2D eigenvalue weighted by molar-refractivity contribution is 7.83. The fourth-order valence-corrected chi connectivity index (χ4v) is 4.43. The number of fused-ring (bicyclic) bond motifs is 1. The topological polar surface area (TPSA) is 73.2 Å². The number of benzene rings is 2. The van der Waals surface area contributed by atoms with Crippen molar-refractivity contribution in [2.75, 3.05) is 5.32 Å². The highest BCUT2D eigenvalue weighted by atomic mass is 32.2. The van der Waals surface area contributed by atoms with Gasteiger partial charge >= 0.3 is 0 Å². The number of halogens is 1. The van der Waals surface area contributed by atoms with E-state index in [1.165, 1.54) is 12.1 Å². The Labute approximate surface area is 170 Å². The quantitative estimate of drug-likeness (QED) is 0.690. The number of carbonyl (C=O) groups excluding carboxylic acids is 1. The van der Waals surface area contributed by atoms with Crippen molar-refractivity contribution in [2.24, 2.45) is 0 Å². The first-order valence-corrected chi connectivity index (χ1v) is 10.7. The summed E-state index contributed by atoms with van der Waals surface area (Å²) in [6, 6.07) is 12.7. The van der Waals surface area contributed by atoms with Gasteiger partial charge in [-0.15, -0.1) is 0 Å². The number of carbonyl (C=O) groups is 1.